The van der Waals surface area contributed by atoms with Crippen LogP contribution >= 0.6 is 11.3 Å². The van der Waals surface area contributed by atoms with Crippen LogP contribution in [0.15, 0.2) is 146 Å². The van der Waals surface area contributed by atoms with E-state index < -0.39 is 0 Å². The molecule has 3 heteroatoms. The van der Waals surface area contributed by atoms with E-state index in [1.54, 1.807) is 0 Å². The van der Waals surface area contributed by atoms with E-state index in [2.05, 4.69) is 155 Å². The maximum atomic E-state index is 2.47. The summed E-state index contributed by atoms with van der Waals surface area (Å²) >= 11 is 1.88. The zero-order valence-electron chi connectivity index (χ0n) is 23.2. The molecule has 43 heavy (non-hydrogen) atoms. The topological polar surface area (TPSA) is 9.86 Å². The molecule has 0 saturated heterocycles. The Balaban J connectivity index is 1.32. The zero-order valence-corrected chi connectivity index (χ0v) is 24.0. The smallest absolute Gasteiger partial charge is 0.0548 e. The standard InChI is InChI=1S/C40H24N2S/c1-2-11-26-21-37-32(20-25(26)10-1)33-24-40-34(31-16-5-8-19-39(31)43-40)23-38(33)42(37)28-13-9-12-27(22-28)41-35-17-6-3-14-29(35)30-15-4-7-18-36(30)41/h1-24H. The highest BCUT2D eigenvalue weighted by Crippen LogP contribution is 2.42. The molecule has 0 aliphatic rings. The van der Waals surface area contributed by atoms with Gasteiger partial charge in [-0.3, -0.25) is 0 Å². The van der Waals surface area contributed by atoms with E-state index >= 15 is 0 Å². The molecule has 0 unspecified atom stereocenters. The summed E-state index contributed by atoms with van der Waals surface area (Å²) in [6.07, 6.45) is 0. The molecule has 2 nitrogen and oxygen atoms in total. The minimum absolute atomic E-state index is 1.16. The number of benzene rings is 7. The number of aromatic nitrogens is 2. The Labute approximate surface area is 251 Å². The first-order valence-corrected chi connectivity index (χ1v) is 15.5. The SMILES string of the molecule is c1cc(-n2c3ccccc3c3ccccc32)cc(-n2c3cc4ccccc4cc3c3cc4sc5ccccc5c4cc32)c1. The van der Waals surface area contributed by atoms with Gasteiger partial charge in [0.2, 0.25) is 0 Å². The lowest BCUT2D eigenvalue weighted by Gasteiger charge is -2.13. The van der Waals surface area contributed by atoms with E-state index in [1.165, 1.54) is 74.6 Å². The molecule has 10 aromatic rings. The fraction of sp³-hybridized carbons (Fsp3) is 0. The van der Waals surface area contributed by atoms with Crippen LogP contribution in [-0.4, -0.2) is 9.13 Å². The van der Waals surface area contributed by atoms with Crippen molar-refractivity contribution in [2.24, 2.45) is 0 Å². The zero-order chi connectivity index (χ0) is 28.1. The van der Waals surface area contributed by atoms with Gasteiger partial charge in [0, 0.05) is 53.1 Å². The second-order valence-electron chi connectivity index (χ2n) is 11.4. The van der Waals surface area contributed by atoms with Gasteiger partial charge in [0.05, 0.1) is 22.1 Å². The molecule has 0 fully saturated rings. The second kappa shape index (κ2) is 8.57. The Kier molecular flexibility index (Phi) is 4.63. The summed E-state index contributed by atoms with van der Waals surface area (Å²) in [6.45, 7) is 0. The van der Waals surface area contributed by atoms with Gasteiger partial charge in [0.1, 0.15) is 0 Å². The van der Waals surface area contributed by atoms with Crippen molar-refractivity contribution >= 4 is 85.9 Å². The van der Waals surface area contributed by atoms with Gasteiger partial charge in [-0.25, -0.2) is 0 Å². The van der Waals surface area contributed by atoms with E-state index in [0.29, 0.717) is 0 Å². The molecule has 0 aliphatic heterocycles. The number of thiophene rings is 1. The summed E-state index contributed by atoms with van der Waals surface area (Å²) in [5.74, 6) is 0. The van der Waals surface area contributed by atoms with E-state index in [1.807, 2.05) is 11.3 Å². The van der Waals surface area contributed by atoms with Gasteiger partial charge in [-0.2, -0.15) is 0 Å². The molecule has 0 bridgehead atoms. The average Bonchev–Trinajstić information content (AvgIpc) is 3.70. The summed E-state index contributed by atoms with van der Waals surface area (Å²) in [5, 5.41) is 10.3. The van der Waals surface area contributed by atoms with E-state index in [4.69, 9.17) is 0 Å². The van der Waals surface area contributed by atoms with Crippen molar-refractivity contribution in [1.82, 2.24) is 9.13 Å². The number of rotatable bonds is 2. The Morgan fingerprint density at radius 3 is 1.63 bits per heavy atom. The van der Waals surface area contributed by atoms with Crippen molar-refractivity contribution in [1.29, 1.82) is 0 Å². The van der Waals surface area contributed by atoms with Crippen LogP contribution in [0.3, 0.4) is 0 Å². The Hall–Kier alpha value is -5.38. The summed E-state index contributed by atoms with van der Waals surface area (Å²) in [7, 11) is 0. The van der Waals surface area contributed by atoms with Crippen molar-refractivity contribution in [2.75, 3.05) is 0 Å². The third kappa shape index (κ3) is 3.23. The molecule has 0 radical (unpaired) electrons. The summed E-state index contributed by atoms with van der Waals surface area (Å²) in [5.41, 5.74) is 7.23. The molecular formula is C40H24N2S. The Bertz CT molecular complexity index is 2680. The van der Waals surface area contributed by atoms with Gasteiger partial charge in [0.15, 0.2) is 0 Å². The number of hydrogen-bond donors (Lipinski definition) is 0. The first-order valence-electron chi connectivity index (χ1n) is 14.7. The largest absolute Gasteiger partial charge is 0.309 e. The molecular weight excluding hydrogens is 541 g/mol. The van der Waals surface area contributed by atoms with Crippen LogP contribution in [0.4, 0.5) is 0 Å². The second-order valence-corrected chi connectivity index (χ2v) is 12.5. The van der Waals surface area contributed by atoms with Crippen LogP contribution < -0.4 is 0 Å². The predicted octanol–water partition coefficient (Wildman–Crippen LogP) is 11.4. The van der Waals surface area contributed by atoms with Crippen molar-refractivity contribution < 1.29 is 0 Å². The fourth-order valence-electron chi connectivity index (χ4n) is 7.17. The van der Waals surface area contributed by atoms with Crippen LogP contribution in [0, 0.1) is 0 Å². The molecule has 0 atom stereocenters. The van der Waals surface area contributed by atoms with Crippen LogP contribution in [0.1, 0.15) is 0 Å². The number of para-hydroxylation sites is 2. The normalized spacial score (nSPS) is 12.2. The minimum atomic E-state index is 1.16. The number of nitrogens with zero attached hydrogens (tertiary/aromatic N) is 2. The Morgan fingerprint density at radius 1 is 0.326 bits per heavy atom. The van der Waals surface area contributed by atoms with Crippen LogP contribution in [0.2, 0.25) is 0 Å². The summed E-state index contributed by atoms with van der Waals surface area (Å²) in [6, 6.07) is 53.5. The maximum absolute atomic E-state index is 2.47. The molecule has 7 aromatic carbocycles. The van der Waals surface area contributed by atoms with Gasteiger partial charge in [-0.15, -0.1) is 11.3 Å². The molecule has 10 rings (SSSR count). The predicted molar refractivity (Wildman–Crippen MR) is 186 cm³/mol. The third-order valence-electron chi connectivity index (χ3n) is 9.06. The first kappa shape index (κ1) is 23.2. The lowest BCUT2D eigenvalue weighted by molar-refractivity contribution is 1.14. The van der Waals surface area contributed by atoms with Crippen LogP contribution in [0.25, 0.3) is 85.9 Å². The van der Waals surface area contributed by atoms with Gasteiger partial charge in [-0.1, -0.05) is 84.9 Å². The number of fused-ring (bicyclic) bond motifs is 10. The van der Waals surface area contributed by atoms with E-state index in [-0.39, 0.29) is 0 Å². The molecule has 200 valence electrons. The average molecular weight is 565 g/mol. The van der Waals surface area contributed by atoms with Gasteiger partial charge in [-0.05, 0) is 71.4 Å². The molecule has 0 N–H and O–H groups in total. The van der Waals surface area contributed by atoms with Crippen molar-refractivity contribution in [3.05, 3.63) is 146 Å². The van der Waals surface area contributed by atoms with Crippen molar-refractivity contribution in [2.45, 2.75) is 0 Å². The van der Waals surface area contributed by atoms with Crippen LogP contribution in [-0.2, 0) is 0 Å². The highest BCUT2D eigenvalue weighted by Gasteiger charge is 2.18. The molecule has 0 amide bonds. The van der Waals surface area contributed by atoms with Gasteiger partial charge < -0.3 is 9.13 Å². The maximum Gasteiger partial charge on any atom is 0.0548 e. The summed E-state index contributed by atoms with van der Waals surface area (Å²) < 4.78 is 7.54. The molecule has 3 aromatic heterocycles. The van der Waals surface area contributed by atoms with Crippen molar-refractivity contribution in [3.8, 4) is 11.4 Å². The highest BCUT2D eigenvalue weighted by molar-refractivity contribution is 7.25. The summed E-state index contributed by atoms with van der Waals surface area (Å²) in [4.78, 5) is 0. The Morgan fingerprint density at radius 2 is 0.884 bits per heavy atom. The van der Waals surface area contributed by atoms with Crippen molar-refractivity contribution in [3.63, 3.8) is 0 Å². The molecule has 0 saturated carbocycles. The lowest BCUT2D eigenvalue weighted by atomic mass is 10.1. The van der Waals surface area contributed by atoms with E-state index in [0.717, 1.165) is 11.4 Å². The fourth-order valence-corrected chi connectivity index (χ4v) is 8.30. The molecule has 0 spiro atoms. The number of hydrogen-bond acceptors (Lipinski definition) is 1. The van der Waals surface area contributed by atoms with Gasteiger partial charge in [0.25, 0.3) is 0 Å². The van der Waals surface area contributed by atoms with Gasteiger partial charge >= 0.3 is 0 Å². The molecule has 0 aliphatic carbocycles. The lowest BCUT2D eigenvalue weighted by Crippen LogP contribution is -1.98. The molecule has 3 heterocycles. The van der Waals surface area contributed by atoms with Crippen LogP contribution in [0.5, 0.6) is 0 Å². The van der Waals surface area contributed by atoms with E-state index in [9.17, 15) is 0 Å². The monoisotopic (exact) mass is 564 g/mol. The first-order chi connectivity index (χ1) is 21.3. The minimum Gasteiger partial charge on any atom is -0.309 e. The highest BCUT2D eigenvalue weighted by atomic mass is 32.1. The third-order valence-corrected chi connectivity index (χ3v) is 10.2. The quantitative estimate of drug-likeness (QED) is 0.198.